The van der Waals surface area contributed by atoms with Gasteiger partial charge in [0, 0.05) is 43.7 Å². The predicted octanol–water partition coefficient (Wildman–Crippen LogP) is 1.36. The van der Waals surface area contributed by atoms with Gasteiger partial charge in [0.15, 0.2) is 0 Å². The standard InChI is InChI=1S/C16H21N5O/c1-20(2)7-8-21(3)15(22)13-6-4-5-12(9-13)14-10-18-16(17)19-11-14/h4-6,9-11H,7-8H2,1-3H3,(H2,17,18,19). The Labute approximate surface area is 130 Å². The van der Waals surface area contributed by atoms with E-state index in [2.05, 4.69) is 9.97 Å². The molecule has 0 aliphatic carbocycles. The molecule has 1 aromatic heterocycles. The van der Waals surface area contributed by atoms with E-state index in [0.29, 0.717) is 12.1 Å². The van der Waals surface area contributed by atoms with Crippen molar-refractivity contribution >= 4 is 11.9 Å². The van der Waals surface area contributed by atoms with Crippen molar-refractivity contribution in [2.24, 2.45) is 0 Å². The van der Waals surface area contributed by atoms with Crippen LogP contribution in [-0.2, 0) is 0 Å². The molecule has 0 aliphatic rings. The summed E-state index contributed by atoms with van der Waals surface area (Å²) in [6, 6.07) is 7.45. The lowest BCUT2D eigenvalue weighted by molar-refractivity contribution is 0.0786. The number of hydrogen-bond donors (Lipinski definition) is 1. The van der Waals surface area contributed by atoms with Gasteiger partial charge >= 0.3 is 0 Å². The first kappa shape index (κ1) is 15.9. The number of benzene rings is 1. The molecule has 22 heavy (non-hydrogen) atoms. The minimum absolute atomic E-state index is 0.0000587. The summed E-state index contributed by atoms with van der Waals surface area (Å²) in [5.41, 5.74) is 7.87. The van der Waals surface area contributed by atoms with Gasteiger partial charge in [-0.3, -0.25) is 4.79 Å². The fourth-order valence-electron chi connectivity index (χ4n) is 1.99. The first-order valence-electron chi connectivity index (χ1n) is 7.05. The van der Waals surface area contributed by atoms with Crippen molar-refractivity contribution in [3.05, 3.63) is 42.2 Å². The third-order valence-corrected chi connectivity index (χ3v) is 3.34. The molecule has 1 heterocycles. The maximum absolute atomic E-state index is 12.5. The van der Waals surface area contributed by atoms with E-state index in [-0.39, 0.29) is 11.9 Å². The van der Waals surface area contributed by atoms with E-state index in [9.17, 15) is 4.79 Å². The van der Waals surface area contributed by atoms with E-state index < -0.39 is 0 Å². The van der Waals surface area contributed by atoms with Gasteiger partial charge in [-0.25, -0.2) is 9.97 Å². The monoisotopic (exact) mass is 299 g/mol. The van der Waals surface area contributed by atoms with Crippen LogP contribution in [0, 0.1) is 0 Å². The second-order valence-corrected chi connectivity index (χ2v) is 5.44. The Bertz CT molecular complexity index is 639. The van der Waals surface area contributed by atoms with E-state index >= 15 is 0 Å². The minimum atomic E-state index is 0.0000587. The summed E-state index contributed by atoms with van der Waals surface area (Å²) in [6.45, 7) is 1.51. The Morgan fingerprint density at radius 2 is 1.77 bits per heavy atom. The molecule has 0 saturated heterocycles. The number of anilines is 1. The van der Waals surface area contributed by atoms with E-state index in [1.807, 2.05) is 50.3 Å². The highest BCUT2D eigenvalue weighted by Crippen LogP contribution is 2.19. The van der Waals surface area contributed by atoms with Crippen LogP contribution < -0.4 is 5.73 Å². The van der Waals surface area contributed by atoms with Crippen molar-refractivity contribution in [2.75, 3.05) is 40.0 Å². The van der Waals surface area contributed by atoms with Gasteiger partial charge in [0.1, 0.15) is 0 Å². The average Bonchev–Trinajstić information content (AvgIpc) is 2.52. The van der Waals surface area contributed by atoms with Crippen molar-refractivity contribution in [1.82, 2.24) is 19.8 Å². The number of rotatable bonds is 5. The molecular weight excluding hydrogens is 278 g/mol. The number of amides is 1. The number of hydrogen-bond acceptors (Lipinski definition) is 5. The highest BCUT2D eigenvalue weighted by molar-refractivity contribution is 5.95. The number of aromatic nitrogens is 2. The number of carbonyl (C=O) groups excluding carboxylic acids is 1. The van der Waals surface area contributed by atoms with Crippen LogP contribution in [0.4, 0.5) is 5.95 Å². The topological polar surface area (TPSA) is 75.3 Å². The fourth-order valence-corrected chi connectivity index (χ4v) is 1.99. The van der Waals surface area contributed by atoms with Crippen LogP contribution in [0.15, 0.2) is 36.7 Å². The van der Waals surface area contributed by atoms with Gasteiger partial charge in [0.05, 0.1) is 0 Å². The molecule has 6 heteroatoms. The van der Waals surface area contributed by atoms with Gasteiger partial charge < -0.3 is 15.5 Å². The smallest absolute Gasteiger partial charge is 0.253 e. The van der Waals surface area contributed by atoms with E-state index in [4.69, 9.17) is 5.73 Å². The van der Waals surface area contributed by atoms with Gasteiger partial charge in [0.25, 0.3) is 5.91 Å². The highest BCUT2D eigenvalue weighted by atomic mass is 16.2. The number of nitrogens with zero attached hydrogens (tertiary/aromatic N) is 4. The number of carbonyl (C=O) groups is 1. The van der Waals surface area contributed by atoms with Gasteiger partial charge in [-0.1, -0.05) is 12.1 Å². The summed E-state index contributed by atoms with van der Waals surface area (Å²) in [7, 11) is 5.78. The van der Waals surface area contributed by atoms with Crippen molar-refractivity contribution in [3.8, 4) is 11.1 Å². The van der Waals surface area contributed by atoms with Crippen molar-refractivity contribution < 1.29 is 4.79 Å². The first-order valence-corrected chi connectivity index (χ1v) is 7.05. The second kappa shape index (κ2) is 7.00. The van der Waals surface area contributed by atoms with Gasteiger partial charge in [-0.05, 0) is 31.8 Å². The van der Waals surface area contributed by atoms with Crippen molar-refractivity contribution in [3.63, 3.8) is 0 Å². The maximum atomic E-state index is 12.5. The molecule has 0 aliphatic heterocycles. The fraction of sp³-hybridized carbons (Fsp3) is 0.312. The Morgan fingerprint density at radius 3 is 2.41 bits per heavy atom. The molecule has 0 unspecified atom stereocenters. The Morgan fingerprint density at radius 1 is 1.09 bits per heavy atom. The Balaban J connectivity index is 2.17. The zero-order valence-corrected chi connectivity index (χ0v) is 13.2. The molecule has 0 saturated carbocycles. The van der Waals surface area contributed by atoms with Crippen LogP contribution in [0.2, 0.25) is 0 Å². The van der Waals surface area contributed by atoms with E-state index in [1.165, 1.54) is 0 Å². The molecular formula is C16H21N5O. The summed E-state index contributed by atoms with van der Waals surface area (Å²) in [6.07, 6.45) is 3.31. The molecule has 6 nitrogen and oxygen atoms in total. The number of nitrogens with two attached hydrogens (primary N) is 1. The van der Waals surface area contributed by atoms with Crippen LogP contribution in [-0.4, -0.2) is 59.9 Å². The molecule has 2 N–H and O–H groups in total. The van der Waals surface area contributed by atoms with E-state index in [0.717, 1.165) is 17.7 Å². The summed E-state index contributed by atoms with van der Waals surface area (Å²) in [4.78, 5) is 24.2. The second-order valence-electron chi connectivity index (χ2n) is 5.44. The lowest BCUT2D eigenvalue weighted by atomic mass is 10.1. The SMILES string of the molecule is CN(C)CCN(C)C(=O)c1cccc(-c2cnc(N)nc2)c1. The lowest BCUT2D eigenvalue weighted by Gasteiger charge is -2.20. The van der Waals surface area contributed by atoms with Gasteiger partial charge in [0.2, 0.25) is 5.95 Å². The van der Waals surface area contributed by atoms with E-state index in [1.54, 1.807) is 17.3 Å². The zero-order valence-electron chi connectivity index (χ0n) is 13.2. The molecule has 1 amide bonds. The third-order valence-electron chi connectivity index (χ3n) is 3.34. The molecule has 1 aromatic carbocycles. The molecule has 0 bridgehead atoms. The predicted molar refractivity (Wildman–Crippen MR) is 87.4 cm³/mol. The van der Waals surface area contributed by atoms with Crippen LogP contribution in [0.1, 0.15) is 10.4 Å². The van der Waals surface area contributed by atoms with Gasteiger partial charge in [-0.2, -0.15) is 0 Å². The molecule has 116 valence electrons. The third kappa shape index (κ3) is 4.02. The number of nitrogen functional groups attached to an aromatic ring is 1. The van der Waals surface area contributed by atoms with Crippen LogP contribution in [0.25, 0.3) is 11.1 Å². The zero-order chi connectivity index (χ0) is 16.1. The Kier molecular flexibility index (Phi) is 5.06. The minimum Gasteiger partial charge on any atom is -0.368 e. The molecule has 2 rings (SSSR count). The number of likely N-dealkylation sites (N-methyl/N-ethyl adjacent to an activating group) is 2. The van der Waals surface area contributed by atoms with Crippen LogP contribution >= 0.6 is 0 Å². The molecule has 0 fully saturated rings. The summed E-state index contributed by atoms with van der Waals surface area (Å²) in [5, 5.41) is 0. The summed E-state index contributed by atoms with van der Waals surface area (Å²) in [5.74, 6) is 0.236. The largest absolute Gasteiger partial charge is 0.368 e. The van der Waals surface area contributed by atoms with Crippen LogP contribution in [0.3, 0.4) is 0 Å². The molecule has 0 atom stereocenters. The lowest BCUT2D eigenvalue weighted by Crippen LogP contribution is -2.33. The normalized spacial score (nSPS) is 10.7. The molecule has 0 radical (unpaired) electrons. The van der Waals surface area contributed by atoms with Gasteiger partial charge in [-0.15, -0.1) is 0 Å². The average molecular weight is 299 g/mol. The first-order chi connectivity index (χ1) is 10.5. The summed E-state index contributed by atoms with van der Waals surface area (Å²) >= 11 is 0. The highest BCUT2D eigenvalue weighted by Gasteiger charge is 2.12. The summed E-state index contributed by atoms with van der Waals surface area (Å²) < 4.78 is 0. The quantitative estimate of drug-likeness (QED) is 0.902. The molecule has 2 aromatic rings. The molecule has 0 spiro atoms. The van der Waals surface area contributed by atoms with Crippen molar-refractivity contribution in [1.29, 1.82) is 0 Å². The van der Waals surface area contributed by atoms with Crippen LogP contribution in [0.5, 0.6) is 0 Å². The van der Waals surface area contributed by atoms with Crippen molar-refractivity contribution in [2.45, 2.75) is 0 Å². The Hall–Kier alpha value is -2.47. The maximum Gasteiger partial charge on any atom is 0.253 e.